The predicted molar refractivity (Wildman–Crippen MR) is 92.2 cm³/mol. The summed E-state index contributed by atoms with van der Waals surface area (Å²) in [4.78, 5) is 4.26. The van der Waals surface area contributed by atoms with Crippen LogP contribution in [0.3, 0.4) is 0 Å². The molecule has 0 bridgehead atoms. The molecule has 0 unspecified atom stereocenters. The van der Waals surface area contributed by atoms with Crippen molar-refractivity contribution in [1.82, 2.24) is 25.1 Å². The van der Waals surface area contributed by atoms with E-state index in [1.165, 1.54) is 16.8 Å². The lowest BCUT2D eigenvalue weighted by molar-refractivity contribution is 0.431. The summed E-state index contributed by atoms with van der Waals surface area (Å²) in [6.07, 6.45) is 0. The number of nitrogens with zero attached hydrogens (tertiary/aromatic N) is 5. The van der Waals surface area contributed by atoms with Gasteiger partial charge in [0.2, 0.25) is 5.82 Å². The summed E-state index contributed by atoms with van der Waals surface area (Å²) in [6.45, 7) is 0. The first kappa shape index (κ1) is 15.5. The largest absolute Gasteiger partial charge is 0.382 e. The van der Waals surface area contributed by atoms with Gasteiger partial charge >= 0.3 is 0 Å². The smallest absolute Gasteiger partial charge is 0.282 e. The van der Waals surface area contributed by atoms with Gasteiger partial charge in [0.05, 0.1) is 5.69 Å². The van der Waals surface area contributed by atoms with E-state index < -0.39 is 0 Å². The van der Waals surface area contributed by atoms with Gasteiger partial charge in [-0.2, -0.15) is 9.67 Å². The average molecular weight is 401 g/mol. The maximum Gasteiger partial charge on any atom is 0.282 e. The fourth-order valence-corrected chi connectivity index (χ4v) is 2.51. The number of halogens is 2. The zero-order valence-electron chi connectivity index (χ0n) is 12.6. The van der Waals surface area contributed by atoms with E-state index in [4.69, 9.17) is 10.3 Å². The highest BCUT2D eigenvalue weighted by molar-refractivity contribution is 9.10. The molecule has 0 saturated heterocycles. The van der Waals surface area contributed by atoms with Crippen LogP contribution in [0.1, 0.15) is 0 Å². The highest BCUT2D eigenvalue weighted by Gasteiger charge is 2.19. The van der Waals surface area contributed by atoms with Gasteiger partial charge in [-0.15, -0.1) is 5.10 Å². The van der Waals surface area contributed by atoms with Gasteiger partial charge in [-0.3, -0.25) is 0 Å². The minimum absolute atomic E-state index is 0.139. The van der Waals surface area contributed by atoms with Crippen molar-refractivity contribution in [2.75, 3.05) is 5.73 Å². The molecule has 0 spiro atoms. The number of benzene rings is 2. The normalized spacial score (nSPS) is 11.0. The Morgan fingerprint density at radius 2 is 1.76 bits per heavy atom. The molecule has 7 nitrogen and oxygen atoms in total. The second kappa shape index (κ2) is 6.10. The summed E-state index contributed by atoms with van der Waals surface area (Å²) in [5.41, 5.74) is 7.77. The van der Waals surface area contributed by atoms with Crippen LogP contribution in [0.2, 0.25) is 0 Å². The van der Waals surface area contributed by atoms with Crippen LogP contribution in [0.25, 0.3) is 28.7 Å². The Morgan fingerprint density at radius 3 is 2.48 bits per heavy atom. The predicted octanol–water partition coefficient (Wildman–Crippen LogP) is 3.47. The molecule has 124 valence electrons. The van der Waals surface area contributed by atoms with Crippen molar-refractivity contribution in [3.8, 4) is 28.7 Å². The van der Waals surface area contributed by atoms with Crippen LogP contribution in [0.15, 0.2) is 57.5 Å². The van der Waals surface area contributed by atoms with E-state index >= 15 is 0 Å². The number of hydrogen-bond acceptors (Lipinski definition) is 6. The Labute approximate surface area is 149 Å². The molecule has 2 heterocycles. The quantitative estimate of drug-likeness (QED) is 0.565. The molecule has 0 radical (unpaired) electrons. The number of rotatable bonds is 3. The highest BCUT2D eigenvalue weighted by atomic mass is 79.9. The Morgan fingerprint density at radius 1 is 1.04 bits per heavy atom. The summed E-state index contributed by atoms with van der Waals surface area (Å²) < 4.78 is 20.7. The van der Waals surface area contributed by atoms with Crippen molar-refractivity contribution in [2.24, 2.45) is 0 Å². The lowest BCUT2D eigenvalue weighted by atomic mass is 10.2. The summed E-state index contributed by atoms with van der Waals surface area (Å²) in [5, 5.41) is 11.9. The third kappa shape index (κ3) is 2.89. The lowest BCUT2D eigenvalue weighted by Crippen LogP contribution is -2.02. The highest BCUT2D eigenvalue weighted by Crippen LogP contribution is 2.26. The van der Waals surface area contributed by atoms with Gasteiger partial charge in [0.1, 0.15) is 5.82 Å². The zero-order chi connectivity index (χ0) is 17.4. The number of nitrogens with two attached hydrogens (primary N) is 1. The van der Waals surface area contributed by atoms with Crippen molar-refractivity contribution in [1.29, 1.82) is 0 Å². The molecule has 2 aromatic carbocycles. The third-order valence-electron chi connectivity index (χ3n) is 3.51. The van der Waals surface area contributed by atoms with Crippen molar-refractivity contribution >= 4 is 21.7 Å². The molecule has 0 saturated carbocycles. The van der Waals surface area contributed by atoms with Crippen LogP contribution in [0, 0.1) is 5.82 Å². The first-order chi connectivity index (χ1) is 12.1. The topological polar surface area (TPSA) is 95.7 Å². The Bertz CT molecular complexity index is 1030. The second-order valence-corrected chi connectivity index (χ2v) is 6.06. The third-order valence-corrected chi connectivity index (χ3v) is 4.04. The fourth-order valence-electron chi connectivity index (χ4n) is 2.25. The van der Waals surface area contributed by atoms with E-state index in [2.05, 4.69) is 36.4 Å². The molecule has 0 atom stereocenters. The molecule has 0 fully saturated rings. The van der Waals surface area contributed by atoms with Crippen LogP contribution < -0.4 is 5.73 Å². The van der Waals surface area contributed by atoms with Gasteiger partial charge < -0.3 is 10.3 Å². The minimum atomic E-state index is -0.339. The molecular weight excluding hydrogens is 391 g/mol. The van der Waals surface area contributed by atoms with E-state index in [-0.39, 0.29) is 23.2 Å². The Hall–Kier alpha value is -3.07. The monoisotopic (exact) mass is 400 g/mol. The van der Waals surface area contributed by atoms with Gasteiger partial charge in [0.25, 0.3) is 5.89 Å². The Kier molecular flexibility index (Phi) is 3.77. The molecule has 4 aromatic rings. The number of anilines is 1. The molecule has 0 aliphatic carbocycles. The van der Waals surface area contributed by atoms with Crippen molar-refractivity contribution in [2.45, 2.75) is 0 Å². The van der Waals surface area contributed by atoms with E-state index in [9.17, 15) is 4.39 Å². The second-order valence-electron chi connectivity index (χ2n) is 5.14. The van der Waals surface area contributed by atoms with Crippen LogP contribution in [0.4, 0.5) is 10.2 Å². The molecule has 2 aromatic heterocycles. The van der Waals surface area contributed by atoms with E-state index in [1.54, 1.807) is 12.1 Å². The van der Waals surface area contributed by atoms with Crippen LogP contribution >= 0.6 is 15.9 Å². The van der Waals surface area contributed by atoms with Crippen LogP contribution in [-0.2, 0) is 0 Å². The summed E-state index contributed by atoms with van der Waals surface area (Å²) in [5.74, 6) is 0.388. The van der Waals surface area contributed by atoms with Crippen molar-refractivity contribution < 1.29 is 8.91 Å². The van der Waals surface area contributed by atoms with E-state index in [0.717, 1.165) is 10.2 Å². The number of hydrogen-bond donors (Lipinski definition) is 1. The van der Waals surface area contributed by atoms with Gasteiger partial charge in [-0.1, -0.05) is 26.3 Å². The number of aromatic nitrogens is 5. The first-order valence-corrected chi connectivity index (χ1v) is 7.98. The number of nitrogen functional groups attached to an aromatic ring is 1. The standard InChI is InChI=1S/C16H10BrFN6O/c17-10-3-7-12(8-4-10)24-14(19)13(21-23-24)16-20-15(22-25-16)9-1-5-11(18)6-2-9/h1-8H,19H2. The van der Waals surface area contributed by atoms with Crippen molar-refractivity contribution in [3.05, 3.63) is 58.8 Å². The summed E-state index contributed by atoms with van der Waals surface area (Å²) in [7, 11) is 0. The molecule has 0 aliphatic rings. The molecule has 4 rings (SSSR count). The molecule has 0 amide bonds. The van der Waals surface area contributed by atoms with Gasteiger partial charge in [-0.05, 0) is 48.5 Å². The van der Waals surface area contributed by atoms with E-state index in [1.807, 2.05) is 24.3 Å². The minimum Gasteiger partial charge on any atom is -0.382 e. The lowest BCUT2D eigenvalue weighted by Gasteiger charge is -2.02. The first-order valence-electron chi connectivity index (χ1n) is 7.19. The average Bonchev–Trinajstić information content (AvgIpc) is 3.23. The fraction of sp³-hybridized carbons (Fsp3) is 0. The molecule has 2 N–H and O–H groups in total. The van der Waals surface area contributed by atoms with E-state index in [0.29, 0.717) is 11.4 Å². The van der Waals surface area contributed by atoms with Gasteiger partial charge in [0, 0.05) is 10.0 Å². The Balaban J connectivity index is 1.69. The molecule has 9 heteroatoms. The maximum atomic E-state index is 13.0. The maximum absolute atomic E-state index is 13.0. The van der Waals surface area contributed by atoms with Gasteiger partial charge in [0.15, 0.2) is 11.5 Å². The van der Waals surface area contributed by atoms with Gasteiger partial charge in [-0.25, -0.2) is 4.39 Å². The summed E-state index contributed by atoms with van der Waals surface area (Å²) >= 11 is 3.37. The SMILES string of the molecule is Nc1c(-c2nc(-c3ccc(F)cc3)no2)nnn1-c1ccc(Br)cc1. The molecule has 25 heavy (non-hydrogen) atoms. The molecular formula is C16H10BrFN6O. The zero-order valence-corrected chi connectivity index (χ0v) is 14.2. The van der Waals surface area contributed by atoms with Crippen molar-refractivity contribution in [3.63, 3.8) is 0 Å². The van der Waals surface area contributed by atoms with Crippen LogP contribution in [0.5, 0.6) is 0 Å². The molecule has 0 aliphatic heterocycles. The van der Waals surface area contributed by atoms with Crippen LogP contribution in [-0.4, -0.2) is 25.1 Å². The summed E-state index contributed by atoms with van der Waals surface area (Å²) in [6, 6.07) is 13.2.